The number of aliphatic carboxylic acids is 1. The molecular weight excluding hydrogens is 262 g/mol. The Hall–Kier alpha value is -2.11. The lowest BCUT2D eigenvalue weighted by Gasteiger charge is -1.95. The number of benzene rings is 1. The van der Waals surface area contributed by atoms with Gasteiger partial charge in [0.1, 0.15) is 0 Å². The minimum absolute atomic E-state index is 0.262. The van der Waals surface area contributed by atoms with E-state index in [9.17, 15) is 14.9 Å². The van der Waals surface area contributed by atoms with Crippen molar-refractivity contribution in [3.63, 3.8) is 0 Å². The van der Waals surface area contributed by atoms with Crippen molar-refractivity contribution >= 4 is 11.7 Å². The zero-order chi connectivity index (χ0) is 15.4. The number of nitrogens with zero attached hydrogens (tertiary/aromatic N) is 1. The third-order valence-corrected chi connectivity index (χ3v) is 2.57. The van der Waals surface area contributed by atoms with E-state index in [0.29, 0.717) is 6.42 Å². The number of rotatable bonds is 7. The minimum atomic E-state index is -0.670. The zero-order valence-corrected chi connectivity index (χ0v) is 11.6. The van der Waals surface area contributed by atoms with E-state index in [1.54, 1.807) is 0 Å². The topological polar surface area (TPSA) is 101 Å². The molecule has 1 aromatic carbocycles. The number of nitro groups is 1. The van der Waals surface area contributed by atoms with Gasteiger partial charge in [-0.3, -0.25) is 14.9 Å². The summed E-state index contributed by atoms with van der Waals surface area (Å²) in [7, 11) is 0. The van der Waals surface area contributed by atoms with E-state index in [1.165, 1.54) is 43.5 Å². The summed E-state index contributed by atoms with van der Waals surface area (Å²) in [6.45, 7) is 2.15. The highest BCUT2D eigenvalue weighted by Gasteiger charge is 2.09. The van der Waals surface area contributed by atoms with Crippen molar-refractivity contribution < 1.29 is 19.9 Å². The standard InChI is InChI=1S/C8H16O2.C6H5NO3/c1-2-3-4-5-6-7-8(9)10;8-6-4-2-1-3-5(6)7(9)10/h2-7H2,1H3,(H,9,10);1-4,8H. The molecule has 0 fully saturated rings. The second-order valence-electron chi connectivity index (χ2n) is 4.30. The lowest BCUT2D eigenvalue weighted by Crippen LogP contribution is -1.93. The minimum Gasteiger partial charge on any atom is -0.502 e. The predicted molar refractivity (Wildman–Crippen MR) is 75.8 cm³/mol. The van der Waals surface area contributed by atoms with Crippen LogP contribution < -0.4 is 0 Å². The summed E-state index contributed by atoms with van der Waals surface area (Å²) >= 11 is 0. The lowest BCUT2D eigenvalue weighted by atomic mass is 10.1. The fourth-order valence-electron chi connectivity index (χ4n) is 1.50. The number of hydrogen-bond donors (Lipinski definition) is 2. The van der Waals surface area contributed by atoms with E-state index >= 15 is 0 Å². The highest BCUT2D eigenvalue weighted by Crippen LogP contribution is 2.23. The van der Waals surface area contributed by atoms with E-state index in [0.717, 1.165) is 12.8 Å². The largest absolute Gasteiger partial charge is 0.502 e. The lowest BCUT2D eigenvalue weighted by molar-refractivity contribution is -0.385. The molecule has 112 valence electrons. The normalized spacial score (nSPS) is 9.45. The number of carboxylic acids is 1. The Bertz CT molecular complexity index is 420. The van der Waals surface area contributed by atoms with Crippen LogP contribution in [0, 0.1) is 10.1 Å². The molecule has 0 aliphatic carbocycles. The fourth-order valence-corrected chi connectivity index (χ4v) is 1.50. The summed E-state index contributed by atoms with van der Waals surface area (Å²) in [5.41, 5.74) is -0.262. The monoisotopic (exact) mass is 283 g/mol. The highest BCUT2D eigenvalue weighted by atomic mass is 16.6. The summed E-state index contributed by atoms with van der Waals surface area (Å²) in [6, 6.07) is 5.55. The number of aromatic hydroxyl groups is 1. The Morgan fingerprint density at radius 2 is 1.80 bits per heavy atom. The molecular formula is C14H21NO5. The van der Waals surface area contributed by atoms with Crippen molar-refractivity contribution in [2.24, 2.45) is 0 Å². The van der Waals surface area contributed by atoms with Gasteiger partial charge in [-0.05, 0) is 12.5 Å². The molecule has 2 N–H and O–H groups in total. The van der Waals surface area contributed by atoms with Crippen LogP contribution in [0.15, 0.2) is 24.3 Å². The van der Waals surface area contributed by atoms with Crippen molar-refractivity contribution in [2.75, 3.05) is 0 Å². The van der Waals surface area contributed by atoms with Gasteiger partial charge >= 0.3 is 11.7 Å². The molecule has 1 rings (SSSR count). The van der Waals surface area contributed by atoms with Crippen molar-refractivity contribution in [1.82, 2.24) is 0 Å². The Balaban J connectivity index is 0.000000361. The number of phenolic OH excluding ortho intramolecular Hbond substituents is 1. The van der Waals surface area contributed by atoms with Crippen LogP contribution in [0.4, 0.5) is 5.69 Å². The summed E-state index contributed by atoms with van der Waals surface area (Å²) in [6.07, 6.45) is 5.88. The van der Waals surface area contributed by atoms with Crippen LogP contribution >= 0.6 is 0 Å². The van der Waals surface area contributed by atoms with Gasteiger partial charge in [0.25, 0.3) is 0 Å². The van der Waals surface area contributed by atoms with Gasteiger partial charge in [-0.25, -0.2) is 0 Å². The van der Waals surface area contributed by atoms with Gasteiger partial charge in [-0.1, -0.05) is 44.7 Å². The van der Waals surface area contributed by atoms with Crippen molar-refractivity contribution in [1.29, 1.82) is 0 Å². The molecule has 0 aliphatic heterocycles. The Morgan fingerprint density at radius 3 is 2.25 bits per heavy atom. The average Bonchev–Trinajstić information content (AvgIpc) is 2.39. The number of carbonyl (C=O) groups is 1. The summed E-state index contributed by atoms with van der Waals surface area (Å²) in [4.78, 5) is 19.5. The molecule has 0 amide bonds. The molecule has 0 bridgehead atoms. The van der Waals surface area contributed by atoms with Crippen molar-refractivity contribution in [3.8, 4) is 5.75 Å². The van der Waals surface area contributed by atoms with E-state index in [4.69, 9.17) is 10.2 Å². The molecule has 0 heterocycles. The molecule has 0 atom stereocenters. The number of carboxylic acid groups (broad SMARTS) is 1. The number of nitro benzene ring substituents is 1. The first-order valence-corrected chi connectivity index (χ1v) is 6.63. The molecule has 6 nitrogen and oxygen atoms in total. The van der Waals surface area contributed by atoms with Gasteiger partial charge in [0, 0.05) is 12.5 Å². The molecule has 0 spiro atoms. The van der Waals surface area contributed by atoms with E-state index < -0.39 is 10.9 Å². The average molecular weight is 283 g/mol. The summed E-state index contributed by atoms with van der Waals surface area (Å²) in [5.74, 6) is -0.969. The molecule has 1 aromatic rings. The van der Waals surface area contributed by atoms with Crippen molar-refractivity contribution in [3.05, 3.63) is 34.4 Å². The number of para-hydroxylation sites is 2. The van der Waals surface area contributed by atoms with Gasteiger partial charge in [0.15, 0.2) is 5.75 Å². The first kappa shape index (κ1) is 17.9. The van der Waals surface area contributed by atoms with Gasteiger partial charge in [-0.2, -0.15) is 0 Å². The van der Waals surface area contributed by atoms with Gasteiger partial charge in [0.2, 0.25) is 0 Å². The van der Waals surface area contributed by atoms with Crippen LogP contribution in [0.2, 0.25) is 0 Å². The highest BCUT2D eigenvalue weighted by molar-refractivity contribution is 5.66. The number of phenols is 1. The third-order valence-electron chi connectivity index (χ3n) is 2.57. The molecule has 0 aromatic heterocycles. The van der Waals surface area contributed by atoms with E-state index in [1.807, 2.05) is 0 Å². The second kappa shape index (κ2) is 10.8. The van der Waals surface area contributed by atoms with Gasteiger partial charge in [0.05, 0.1) is 4.92 Å². The quantitative estimate of drug-likeness (QED) is 0.451. The first-order chi connectivity index (χ1) is 9.49. The second-order valence-corrected chi connectivity index (χ2v) is 4.30. The molecule has 0 unspecified atom stereocenters. The smallest absolute Gasteiger partial charge is 0.310 e. The first-order valence-electron chi connectivity index (χ1n) is 6.63. The maximum Gasteiger partial charge on any atom is 0.310 e. The molecule has 0 radical (unpaired) electrons. The molecule has 0 aliphatic rings. The van der Waals surface area contributed by atoms with Crippen LogP contribution in [-0.2, 0) is 4.79 Å². The summed E-state index contributed by atoms with van der Waals surface area (Å²) in [5, 5.41) is 27.2. The van der Waals surface area contributed by atoms with Gasteiger partial charge in [-0.15, -0.1) is 0 Å². The van der Waals surface area contributed by atoms with Crippen LogP contribution in [0.25, 0.3) is 0 Å². The zero-order valence-electron chi connectivity index (χ0n) is 11.6. The predicted octanol–water partition coefficient (Wildman–Crippen LogP) is 3.73. The van der Waals surface area contributed by atoms with Crippen LogP contribution in [0.1, 0.15) is 45.4 Å². The molecule has 6 heteroatoms. The van der Waals surface area contributed by atoms with Crippen molar-refractivity contribution in [2.45, 2.75) is 45.4 Å². The Morgan fingerprint density at radius 1 is 1.20 bits per heavy atom. The molecule has 0 saturated carbocycles. The van der Waals surface area contributed by atoms with Crippen LogP contribution in [-0.4, -0.2) is 21.1 Å². The molecule has 20 heavy (non-hydrogen) atoms. The molecule has 0 saturated heterocycles. The third kappa shape index (κ3) is 8.91. The van der Waals surface area contributed by atoms with Crippen LogP contribution in [0.3, 0.4) is 0 Å². The fraction of sp³-hybridized carbons (Fsp3) is 0.500. The van der Waals surface area contributed by atoms with E-state index in [2.05, 4.69) is 6.92 Å². The van der Waals surface area contributed by atoms with Crippen LogP contribution in [0.5, 0.6) is 5.75 Å². The number of unbranched alkanes of at least 4 members (excludes halogenated alkanes) is 4. The summed E-state index contributed by atoms with van der Waals surface area (Å²) < 4.78 is 0. The van der Waals surface area contributed by atoms with E-state index in [-0.39, 0.29) is 11.4 Å². The SMILES string of the molecule is CCCCCCCC(=O)O.O=[N+]([O-])c1ccccc1O. The maximum absolute atomic E-state index is 10.1. The Labute approximate surface area is 118 Å². The Kier molecular flexibility index (Phi) is 9.64. The van der Waals surface area contributed by atoms with Gasteiger partial charge < -0.3 is 10.2 Å². The maximum atomic E-state index is 10.1. The number of hydrogen-bond acceptors (Lipinski definition) is 4.